The molecule has 1 aromatic rings. The predicted octanol–water partition coefficient (Wildman–Crippen LogP) is 3.49. The van der Waals surface area contributed by atoms with Crippen LogP contribution in [0.1, 0.15) is 44.6 Å². The highest BCUT2D eigenvalue weighted by atomic mass is 16.5. The van der Waals surface area contributed by atoms with Crippen LogP contribution in [0.25, 0.3) is 0 Å². The molecule has 0 heterocycles. The van der Waals surface area contributed by atoms with E-state index in [-0.39, 0.29) is 0 Å². The second-order valence-corrected chi connectivity index (χ2v) is 5.47. The van der Waals surface area contributed by atoms with Gasteiger partial charge in [-0.25, -0.2) is 0 Å². The van der Waals surface area contributed by atoms with Gasteiger partial charge in [0.2, 0.25) is 0 Å². The Kier molecular flexibility index (Phi) is 4.35. The Hall–Kier alpha value is -1.22. The highest BCUT2D eigenvalue weighted by Crippen LogP contribution is 2.43. The first kappa shape index (κ1) is 14.2. The van der Waals surface area contributed by atoms with Crippen molar-refractivity contribution in [3.63, 3.8) is 0 Å². The van der Waals surface area contributed by atoms with E-state index >= 15 is 0 Å². The van der Waals surface area contributed by atoms with Gasteiger partial charge in [-0.2, -0.15) is 0 Å². The number of methoxy groups -OCH3 is 2. The highest BCUT2D eigenvalue weighted by molar-refractivity contribution is 5.44. The van der Waals surface area contributed by atoms with E-state index in [2.05, 4.69) is 6.92 Å². The molecule has 0 aromatic heterocycles. The van der Waals surface area contributed by atoms with Crippen LogP contribution in [-0.4, -0.2) is 19.3 Å². The summed E-state index contributed by atoms with van der Waals surface area (Å²) >= 11 is 0. The molecule has 19 heavy (non-hydrogen) atoms. The van der Waals surface area contributed by atoms with Crippen LogP contribution in [0.3, 0.4) is 0 Å². The summed E-state index contributed by atoms with van der Waals surface area (Å²) in [7, 11) is 3.25. The van der Waals surface area contributed by atoms with Crippen molar-refractivity contribution in [2.75, 3.05) is 14.2 Å². The van der Waals surface area contributed by atoms with Crippen molar-refractivity contribution >= 4 is 0 Å². The number of rotatable bonds is 4. The predicted molar refractivity (Wildman–Crippen MR) is 75.7 cm³/mol. The van der Waals surface area contributed by atoms with Crippen molar-refractivity contribution in [1.29, 1.82) is 0 Å². The summed E-state index contributed by atoms with van der Waals surface area (Å²) in [4.78, 5) is 0. The van der Waals surface area contributed by atoms with Crippen molar-refractivity contribution < 1.29 is 14.6 Å². The minimum absolute atomic E-state index is 0.617. The Labute approximate surface area is 115 Å². The SMILES string of the molecule is CCC1CCCC(O)(c2ccc(OC)c(OC)c2)C1. The van der Waals surface area contributed by atoms with Gasteiger partial charge in [0.25, 0.3) is 0 Å². The van der Waals surface area contributed by atoms with E-state index < -0.39 is 5.60 Å². The zero-order valence-electron chi connectivity index (χ0n) is 12.1. The Morgan fingerprint density at radius 1 is 1.26 bits per heavy atom. The maximum absolute atomic E-state index is 10.9. The van der Waals surface area contributed by atoms with Crippen LogP contribution in [0.2, 0.25) is 0 Å². The number of benzene rings is 1. The highest BCUT2D eigenvalue weighted by Gasteiger charge is 2.35. The Bertz CT molecular complexity index is 430. The van der Waals surface area contributed by atoms with E-state index in [0.717, 1.165) is 31.2 Å². The van der Waals surface area contributed by atoms with Crippen molar-refractivity contribution in [2.45, 2.75) is 44.6 Å². The molecule has 3 heteroatoms. The summed E-state index contributed by atoms with van der Waals surface area (Å²) in [6, 6.07) is 5.75. The van der Waals surface area contributed by atoms with Crippen molar-refractivity contribution in [3.8, 4) is 11.5 Å². The van der Waals surface area contributed by atoms with E-state index in [1.54, 1.807) is 14.2 Å². The van der Waals surface area contributed by atoms with Crippen molar-refractivity contribution in [1.82, 2.24) is 0 Å². The van der Waals surface area contributed by atoms with Crippen LogP contribution in [-0.2, 0) is 5.60 Å². The molecule has 2 atom stereocenters. The molecule has 0 saturated heterocycles. The normalized spacial score (nSPS) is 27.1. The maximum Gasteiger partial charge on any atom is 0.161 e. The van der Waals surface area contributed by atoms with E-state index in [1.165, 1.54) is 6.42 Å². The molecule has 1 saturated carbocycles. The zero-order chi connectivity index (χ0) is 13.9. The summed E-state index contributed by atoms with van der Waals surface area (Å²) < 4.78 is 10.6. The lowest BCUT2D eigenvalue weighted by Gasteiger charge is -2.37. The summed E-state index contributed by atoms with van der Waals surface area (Å²) in [6.45, 7) is 2.20. The van der Waals surface area contributed by atoms with Gasteiger partial charge in [0.1, 0.15) is 0 Å². The summed E-state index contributed by atoms with van der Waals surface area (Å²) in [5, 5.41) is 10.9. The third kappa shape index (κ3) is 2.86. The first-order chi connectivity index (χ1) is 9.12. The number of hydrogen-bond donors (Lipinski definition) is 1. The van der Waals surface area contributed by atoms with Crippen molar-refractivity contribution in [2.24, 2.45) is 5.92 Å². The van der Waals surface area contributed by atoms with E-state index in [1.807, 2.05) is 18.2 Å². The van der Waals surface area contributed by atoms with Gasteiger partial charge in [-0.15, -0.1) is 0 Å². The molecule has 0 spiro atoms. The first-order valence-electron chi connectivity index (χ1n) is 7.08. The van der Waals surface area contributed by atoms with Gasteiger partial charge in [-0.1, -0.05) is 25.8 Å². The molecule has 1 aromatic carbocycles. The van der Waals surface area contributed by atoms with Gasteiger partial charge in [0.15, 0.2) is 11.5 Å². The summed E-state index contributed by atoms with van der Waals surface area (Å²) in [5.41, 5.74) is 0.238. The quantitative estimate of drug-likeness (QED) is 0.904. The van der Waals surface area contributed by atoms with Crippen molar-refractivity contribution in [3.05, 3.63) is 23.8 Å². The largest absolute Gasteiger partial charge is 0.493 e. The van der Waals surface area contributed by atoms with Gasteiger partial charge in [-0.05, 0) is 42.9 Å². The summed E-state index contributed by atoms with van der Waals surface area (Å²) in [5.74, 6) is 2.01. The fourth-order valence-electron chi connectivity index (χ4n) is 3.10. The van der Waals surface area contributed by atoms with Crippen LogP contribution in [0, 0.1) is 5.92 Å². The number of hydrogen-bond acceptors (Lipinski definition) is 3. The van der Waals surface area contributed by atoms with E-state index in [4.69, 9.17) is 9.47 Å². The third-order valence-electron chi connectivity index (χ3n) is 4.33. The summed E-state index contributed by atoms with van der Waals surface area (Å²) in [6.07, 6.45) is 5.13. The standard InChI is InChI=1S/C16H24O3/c1-4-12-6-5-9-16(17,11-12)13-7-8-14(18-2)15(10-13)19-3/h7-8,10,12,17H,4-6,9,11H2,1-3H3. The van der Waals surface area contributed by atoms with E-state index in [9.17, 15) is 5.11 Å². The van der Waals surface area contributed by atoms with Crippen LogP contribution in [0.4, 0.5) is 0 Å². The van der Waals surface area contributed by atoms with Gasteiger partial charge in [0.05, 0.1) is 19.8 Å². The second kappa shape index (κ2) is 5.83. The molecule has 1 N–H and O–H groups in total. The topological polar surface area (TPSA) is 38.7 Å². The zero-order valence-corrected chi connectivity index (χ0v) is 12.1. The molecule has 0 bridgehead atoms. The molecule has 2 rings (SSSR count). The number of aliphatic hydroxyl groups is 1. The Morgan fingerprint density at radius 2 is 2.00 bits per heavy atom. The van der Waals surface area contributed by atoms with Crippen LogP contribution in [0.5, 0.6) is 11.5 Å². The Balaban J connectivity index is 2.29. The lowest BCUT2D eigenvalue weighted by Crippen LogP contribution is -2.32. The molecule has 0 radical (unpaired) electrons. The molecule has 0 aliphatic heterocycles. The first-order valence-corrected chi connectivity index (χ1v) is 7.08. The maximum atomic E-state index is 10.9. The molecule has 1 aliphatic carbocycles. The molecule has 0 amide bonds. The molecule has 1 fully saturated rings. The molecule has 106 valence electrons. The van der Waals surface area contributed by atoms with E-state index in [0.29, 0.717) is 17.4 Å². The minimum atomic E-state index is -0.710. The van der Waals surface area contributed by atoms with Crippen LogP contribution >= 0.6 is 0 Å². The van der Waals surface area contributed by atoms with Gasteiger partial charge in [-0.3, -0.25) is 0 Å². The molecule has 3 nitrogen and oxygen atoms in total. The molecule has 2 unspecified atom stereocenters. The van der Waals surface area contributed by atoms with Gasteiger partial charge < -0.3 is 14.6 Å². The minimum Gasteiger partial charge on any atom is -0.493 e. The third-order valence-corrected chi connectivity index (χ3v) is 4.33. The average molecular weight is 264 g/mol. The lowest BCUT2D eigenvalue weighted by molar-refractivity contribution is -0.0219. The second-order valence-electron chi connectivity index (χ2n) is 5.47. The Morgan fingerprint density at radius 3 is 2.63 bits per heavy atom. The molecular formula is C16H24O3. The molecular weight excluding hydrogens is 240 g/mol. The van der Waals surface area contributed by atoms with Gasteiger partial charge in [0, 0.05) is 0 Å². The van der Waals surface area contributed by atoms with Crippen LogP contribution in [0.15, 0.2) is 18.2 Å². The fraction of sp³-hybridized carbons (Fsp3) is 0.625. The fourth-order valence-corrected chi connectivity index (χ4v) is 3.10. The van der Waals surface area contributed by atoms with Crippen LogP contribution < -0.4 is 9.47 Å². The average Bonchev–Trinajstić information content (AvgIpc) is 2.46. The lowest BCUT2D eigenvalue weighted by atomic mass is 9.73. The molecule has 1 aliphatic rings. The monoisotopic (exact) mass is 264 g/mol. The smallest absolute Gasteiger partial charge is 0.161 e. The number of ether oxygens (including phenoxy) is 2. The van der Waals surface area contributed by atoms with Gasteiger partial charge >= 0.3 is 0 Å².